The van der Waals surface area contributed by atoms with Gasteiger partial charge in [0.25, 0.3) is 5.91 Å². The number of pyridine rings is 1. The maximum atomic E-state index is 12.6. The highest BCUT2D eigenvalue weighted by molar-refractivity contribution is 6.03. The third-order valence-corrected chi connectivity index (χ3v) is 5.29. The molecule has 1 amide bonds. The summed E-state index contributed by atoms with van der Waals surface area (Å²) in [6, 6.07) is 1.94. The number of carbonyl (C=O) groups excluding carboxylic acids is 1. The fraction of sp³-hybridized carbons (Fsp3) is 0.450. The molecule has 0 aliphatic heterocycles. The maximum Gasteiger partial charge on any atom is 0.271 e. The Labute approximate surface area is 177 Å². The van der Waals surface area contributed by atoms with Gasteiger partial charge in [-0.05, 0) is 75.5 Å². The Morgan fingerprint density at radius 2 is 1.75 bits per heavy atom. The Hall–Kier alpha value is -2.05. The number of aromatic amines is 1. The smallest absolute Gasteiger partial charge is 0.271 e. The normalized spacial score (nSPS) is 15.2. The van der Waals surface area contributed by atoms with Gasteiger partial charge in [-0.3, -0.25) is 14.9 Å². The van der Waals surface area contributed by atoms with E-state index >= 15 is 0 Å². The van der Waals surface area contributed by atoms with Crippen LogP contribution < -0.4 is 11.1 Å². The average Bonchev–Trinajstić information content (AvgIpc) is 3.51. The Balaban J connectivity index is 0.00000140. The summed E-state index contributed by atoms with van der Waals surface area (Å²) in [7, 11) is 0. The van der Waals surface area contributed by atoms with Crippen molar-refractivity contribution >= 4 is 36.4 Å². The van der Waals surface area contributed by atoms with Crippen LogP contribution in [0.1, 0.15) is 42.6 Å². The number of aromatic nitrogens is 3. The van der Waals surface area contributed by atoms with Crippen LogP contribution in [0.15, 0.2) is 23.5 Å². The number of nitrogens with two attached hydrogens (primary N) is 1. The number of hydrogen-bond donors (Lipinski definition) is 3. The molecule has 0 unspecified atom stereocenters. The molecule has 28 heavy (non-hydrogen) atoms. The third kappa shape index (κ3) is 4.33. The van der Waals surface area contributed by atoms with E-state index < -0.39 is 0 Å². The molecule has 2 aliphatic rings. The lowest BCUT2D eigenvalue weighted by atomic mass is 10.0. The lowest BCUT2D eigenvalue weighted by molar-refractivity contribution is -0.113. The molecule has 8 heteroatoms. The minimum atomic E-state index is -0.205. The molecule has 0 radical (unpaired) electrons. The van der Waals surface area contributed by atoms with Crippen molar-refractivity contribution in [2.45, 2.75) is 46.5 Å². The molecule has 4 rings (SSSR count). The first-order valence-corrected chi connectivity index (χ1v) is 9.25. The Kier molecular flexibility index (Phi) is 6.78. The fourth-order valence-electron chi connectivity index (χ4n) is 3.70. The van der Waals surface area contributed by atoms with Crippen molar-refractivity contribution in [3.63, 3.8) is 0 Å². The molecular weight excluding hydrogens is 397 g/mol. The van der Waals surface area contributed by atoms with Crippen LogP contribution in [0.5, 0.6) is 0 Å². The molecule has 2 heterocycles. The molecule has 4 N–H and O–H groups in total. The van der Waals surface area contributed by atoms with E-state index in [4.69, 9.17) is 5.73 Å². The number of anilines is 1. The minimum absolute atomic E-state index is 0. The van der Waals surface area contributed by atoms with Gasteiger partial charge in [-0.2, -0.15) is 5.10 Å². The molecule has 152 valence electrons. The van der Waals surface area contributed by atoms with Gasteiger partial charge in [0.05, 0.1) is 29.0 Å². The summed E-state index contributed by atoms with van der Waals surface area (Å²) in [4.78, 5) is 17.2. The highest BCUT2D eigenvalue weighted by atomic mass is 35.5. The van der Waals surface area contributed by atoms with E-state index in [9.17, 15) is 4.79 Å². The van der Waals surface area contributed by atoms with Gasteiger partial charge in [0.1, 0.15) is 0 Å². The van der Waals surface area contributed by atoms with Crippen molar-refractivity contribution < 1.29 is 4.79 Å². The Bertz CT molecular complexity index is 880. The zero-order chi connectivity index (χ0) is 18.4. The first kappa shape index (κ1) is 22.2. The zero-order valence-corrected chi connectivity index (χ0v) is 18.0. The van der Waals surface area contributed by atoms with Crippen LogP contribution in [-0.4, -0.2) is 21.1 Å². The fourth-order valence-corrected chi connectivity index (χ4v) is 3.70. The topological polar surface area (TPSA) is 96.7 Å². The molecule has 2 saturated carbocycles. The van der Waals surface area contributed by atoms with Crippen molar-refractivity contribution in [2.75, 3.05) is 5.32 Å². The number of amides is 1. The van der Waals surface area contributed by atoms with Crippen LogP contribution >= 0.6 is 24.8 Å². The van der Waals surface area contributed by atoms with E-state index in [1.165, 1.54) is 31.3 Å². The number of nitrogens with zero attached hydrogens (tertiary/aromatic N) is 2. The molecule has 6 nitrogen and oxygen atoms in total. The van der Waals surface area contributed by atoms with E-state index in [1.807, 2.05) is 26.8 Å². The molecule has 2 fully saturated rings. The second-order valence-electron chi connectivity index (χ2n) is 7.57. The lowest BCUT2D eigenvalue weighted by Gasteiger charge is -2.12. The van der Waals surface area contributed by atoms with Crippen LogP contribution in [0.3, 0.4) is 0 Å². The van der Waals surface area contributed by atoms with Gasteiger partial charge < -0.3 is 11.1 Å². The monoisotopic (exact) mass is 423 g/mol. The highest BCUT2D eigenvalue weighted by Crippen LogP contribution is 2.49. The molecular formula is C20H27Cl2N5O. The highest BCUT2D eigenvalue weighted by Gasteiger charge is 2.39. The van der Waals surface area contributed by atoms with Gasteiger partial charge in [-0.15, -0.1) is 24.8 Å². The third-order valence-electron chi connectivity index (χ3n) is 5.29. The Morgan fingerprint density at radius 3 is 2.21 bits per heavy atom. The molecule has 0 bridgehead atoms. The first-order chi connectivity index (χ1) is 12.5. The summed E-state index contributed by atoms with van der Waals surface area (Å²) < 4.78 is 0. The first-order valence-electron chi connectivity index (χ1n) is 9.25. The summed E-state index contributed by atoms with van der Waals surface area (Å²) in [6.07, 6.45) is 6.35. The maximum absolute atomic E-state index is 12.6. The Morgan fingerprint density at radius 1 is 1.14 bits per heavy atom. The number of allylic oxidation sites excluding steroid dienone is 1. The molecule has 0 aromatic carbocycles. The summed E-state index contributed by atoms with van der Waals surface area (Å²) in [5.74, 6) is 0.855. The van der Waals surface area contributed by atoms with Crippen molar-refractivity contribution in [1.29, 1.82) is 0 Å². The molecule has 0 spiro atoms. The largest absolute Gasteiger partial charge is 0.394 e. The quantitative estimate of drug-likeness (QED) is 0.627. The second-order valence-corrected chi connectivity index (χ2v) is 7.57. The number of nitrogens with one attached hydrogen (secondary N) is 2. The summed E-state index contributed by atoms with van der Waals surface area (Å²) in [6.45, 7) is 5.93. The van der Waals surface area contributed by atoms with Crippen molar-refractivity contribution in [3.8, 4) is 11.3 Å². The summed E-state index contributed by atoms with van der Waals surface area (Å²) in [5, 5.41) is 10.1. The van der Waals surface area contributed by atoms with E-state index in [1.54, 1.807) is 6.20 Å². The molecule has 2 aliphatic carbocycles. The minimum Gasteiger partial charge on any atom is -0.394 e. The van der Waals surface area contributed by atoms with E-state index in [2.05, 4.69) is 20.5 Å². The van der Waals surface area contributed by atoms with Gasteiger partial charge in [0.2, 0.25) is 0 Å². The van der Waals surface area contributed by atoms with Crippen molar-refractivity contribution in [1.82, 2.24) is 15.2 Å². The van der Waals surface area contributed by atoms with Gasteiger partial charge in [-0.1, -0.05) is 0 Å². The van der Waals surface area contributed by atoms with Crippen LogP contribution in [-0.2, 0) is 4.79 Å². The molecule has 0 saturated heterocycles. The molecule has 2 aromatic rings. The average molecular weight is 424 g/mol. The molecule has 2 aromatic heterocycles. The van der Waals surface area contributed by atoms with E-state index in [0.717, 1.165) is 28.2 Å². The predicted molar refractivity (Wildman–Crippen MR) is 116 cm³/mol. The number of aryl methyl sites for hydroxylation is 3. The van der Waals surface area contributed by atoms with Crippen molar-refractivity contribution in [2.24, 2.45) is 17.6 Å². The van der Waals surface area contributed by atoms with Gasteiger partial charge >= 0.3 is 0 Å². The number of H-pyrrole nitrogens is 1. The van der Waals surface area contributed by atoms with Gasteiger partial charge in [0.15, 0.2) is 0 Å². The summed E-state index contributed by atoms with van der Waals surface area (Å²) >= 11 is 0. The van der Waals surface area contributed by atoms with E-state index in [0.29, 0.717) is 23.2 Å². The number of carbonyl (C=O) groups is 1. The zero-order valence-electron chi connectivity index (χ0n) is 16.3. The van der Waals surface area contributed by atoms with Crippen LogP contribution in [0.25, 0.3) is 11.3 Å². The predicted octanol–water partition coefficient (Wildman–Crippen LogP) is 4.21. The number of halogens is 2. The van der Waals surface area contributed by atoms with Gasteiger partial charge in [0, 0.05) is 11.3 Å². The van der Waals surface area contributed by atoms with Gasteiger partial charge in [-0.25, -0.2) is 0 Å². The second kappa shape index (κ2) is 8.53. The van der Waals surface area contributed by atoms with E-state index in [-0.39, 0.29) is 30.7 Å². The van der Waals surface area contributed by atoms with Crippen molar-refractivity contribution in [3.05, 3.63) is 40.5 Å². The van der Waals surface area contributed by atoms with Crippen LogP contribution in [0.2, 0.25) is 0 Å². The lowest BCUT2D eigenvalue weighted by Crippen LogP contribution is -2.23. The van der Waals surface area contributed by atoms with Crippen LogP contribution in [0.4, 0.5) is 5.69 Å². The summed E-state index contributed by atoms with van der Waals surface area (Å²) in [5.41, 5.74) is 13.3. The number of hydrogen-bond acceptors (Lipinski definition) is 4. The molecule has 0 atom stereocenters. The number of rotatable bonds is 5. The standard InChI is InChI=1S/C20H25N5O.2ClH/c1-10-8-15(9-22-19(10)16-11(2)24-25-12(16)3)23-20(26)18(21)17(13-4-5-13)14-6-7-14;;/h8-9,13-14H,4-7,21H2,1-3H3,(H,23,26)(H,24,25);2*1H. The SMILES string of the molecule is Cc1cc(NC(=O)C(N)=C(C2CC2)C2CC2)cnc1-c1c(C)n[nH]c1C.Cl.Cl. The van der Waals surface area contributed by atoms with Crippen LogP contribution in [0, 0.1) is 32.6 Å².